The largest absolute Gasteiger partial charge is 0.339 e. The fourth-order valence-electron chi connectivity index (χ4n) is 3.08. The molecule has 1 amide bonds. The Hall–Kier alpha value is -2.14. The van der Waals surface area contributed by atoms with Crippen LogP contribution in [0, 0.1) is 19.8 Å². The predicted octanol–water partition coefficient (Wildman–Crippen LogP) is 4.36. The molecular formula is C19H23ClN4O. The van der Waals surface area contributed by atoms with Crippen LogP contribution in [-0.2, 0) is 0 Å². The number of carbonyl (C=O) groups excluding carboxylic acids is 1. The van der Waals surface area contributed by atoms with Gasteiger partial charge in [0.1, 0.15) is 0 Å². The Kier molecular flexibility index (Phi) is 5.23. The average Bonchev–Trinajstić information content (AvgIpc) is 2.59. The minimum Gasteiger partial charge on any atom is -0.339 e. The van der Waals surface area contributed by atoms with Crippen LogP contribution in [0.25, 0.3) is 0 Å². The van der Waals surface area contributed by atoms with Gasteiger partial charge in [0.2, 0.25) is 5.95 Å². The molecule has 1 saturated heterocycles. The zero-order valence-electron chi connectivity index (χ0n) is 14.8. The maximum Gasteiger partial charge on any atom is 0.256 e. The molecule has 1 aliphatic rings. The molecular weight excluding hydrogens is 336 g/mol. The molecule has 0 spiro atoms. The maximum absolute atomic E-state index is 12.5. The molecule has 2 aromatic rings. The number of nitrogens with zero attached hydrogens (tertiary/aromatic N) is 3. The van der Waals surface area contributed by atoms with Gasteiger partial charge in [-0.05, 0) is 49.8 Å². The molecule has 0 bridgehead atoms. The number of halogens is 1. The lowest BCUT2D eigenvalue weighted by Gasteiger charge is -2.30. The summed E-state index contributed by atoms with van der Waals surface area (Å²) < 4.78 is 0. The summed E-state index contributed by atoms with van der Waals surface area (Å²) in [5, 5.41) is 3.77. The monoisotopic (exact) mass is 358 g/mol. The lowest BCUT2D eigenvalue weighted by molar-refractivity contribution is 0.0696. The number of benzene rings is 1. The number of aryl methyl sites for hydroxylation is 2. The van der Waals surface area contributed by atoms with Gasteiger partial charge in [-0.1, -0.05) is 24.6 Å². The minimum atomic E-state index is 0.00278. The number of amides is 1. The highest BCUT2D eigenvalue weighted by Gasteiger charge is 2.22. The first-order valence-corrected chi connectivity index (χ1v) is 8.97. The summed E-state index contributed by atoms with van der Waals surface area (Å²) >= 11 is 6.30. The van der Waals surface area contributed by atoms with Crippen LogP contribution >= 0.6 is 11.6 Å². The second kappa shape index (κ2) is 7.40. The van der Waals surface area contributed by atoms with Gasteiger partial charge in [-0.25, -0.2) is 9.97 Å². The molecule has 132 valence electrons. The highest BCUT2D eigenvalue weighted by atomic mass is 35.5. The van der Waals surface area contributed by atoms with Gasteiger partial charge < -0.3 is 10.2 Å². The average molecular weight is 359 g/mol. The van der Waals surface area contributed by atoms with Gasteiger partial charge >= 0.3 is 0 Å². The van der Waals surface area contributed by atoms with Crippen LogP contribution < -0.4 is 5.32 Å². The topological polar surface area (TPSA) is 58.1 Å². The summed E-state index contributed by atoms with van der Waals surface area (Å²) in [5.74, 6) is 1.12. The van der Waals surface area contributed by atoms with E-state index in [-0.39, 0.29) is 5.91 Å². The molecule has 0 atom stereocenters. The van der Waals surface area contributed by atoms with Gasteiger partial charge in [-0.3, -0.25) is 4.79 Å². The summed E-state index contributed by atoms with van der Waals surface area (Å²) in [5.41, 5.74) is 3.44. The van der Waals surface area contributed by atoms with Crippen LogP contribution in [0.15, 0.2) is 24.5 Å². The number of hydrogen-bond acceptors (Lipinski definition) is 4. The van der Waals surface area contributed by atoms with E-state index < -0.39 is 0 Å². The van der Waals surface area contributed by atoms with Crippen molar-refractivity contribution in [3.05, 3.63) is 46.2 Å². The van der Waals surface area contributed by atoms with Crippen molar-refractivity contribution in [3.63, 3.8) is 0 Å². The molecule has 1 N–H and O–H groups in total. The number of aromatic nitrogens is 2. The van der Waals surface area contributed by atoms with Gasteiger partial charge in [-0.15, -0.1) is 0 Å². The second-order valence-electron chi connectivity index (χ2n) is 6.83. The summed E-state index contributed by atoms with van der Waals surface area (Å²) in [6, 6.07) is 3.94. The Morgan fingerprint density at radius 3 is 2.44 bits per heavy atom. The quantitative estimate of drug-likeness (QED) is 0.885. The molecule has 0 unspecified atom stereocenters. The first kappa shape index (κ1) is 17.7. The third-order valence-electron chi connectivity index (χ3n) is 4.64. The predicted molar refractivity (Wildman–Crippen MR) is 101 cm³/mol. The summed E-state index contributed by atoms with van der Waals surface area (Å²) in [4.78, 5) is 23.0. The Morgan fingerprint density at radius 2 is 1.84 bits per heavy atom. The van der Waals surface area contributed by atoms with Crippen molar-refractivity contribution in [1.82, 2.24) is 14.9 Å². The number of rotatable bonds is 3. The van der Waals surface area contributed by atoms with E-state index in [0.717, 1.165) is 42.7 Å². The van der Waals surface area contributed by atoms with E-state index in [0.29, 0.717) is 22.5 Å². The Morgan fingerprint density at radius 1 is 1.20 bits per heavy atom. The zero-order valence-corrected chi connectivity index (χ0v) is 15.6. The van der Waals surface area contributed by atoms with Crippen molar-refractivity contribution in [1.29, 1.82) is 0 Å². The second-order valence-corrected chi connectivity index (χ2v) is 7.24. The van der Waals surface area contributed by atoms with Crippen molar-refractivity contribution in [2.24, 2.45) is 5.92 Å². The van der Waals surface area contributed by atoms with E-state index in [4.69, 9.17) is 11.6 Å². The molecule has 5 nitrogen and oxygen atoms in total. The molecule has 1 aromatic heterocycles. The van der Waals surface area contributed by atoms with Gasteiger partial charge in [0.25, 0.3) is 5.91 Å². The highest BCUT2D eigenvalue weighted by molar-refractivity contribution is 6.33. The van der Waals surface area contributed by atoms with Crippen molar-refractivity contribution >= 4 is 29.1 Å². The highest BCUT2D eigenvalue weighted by Crippen LogP contribution is 2.29. The smallest absolute Gasteiger partial charge is 0.256 e. The Balaban J connectivity index is 1.71. The van der Waals surface area contributed by atoms with Gasteiger partial charge in [0.05, 0.1) is 16.3 Å². The fraction of sp³-hybridized carbons (Fsp3) is 0.421. The van der Waals surface area contributed by atoms with Gasteiger partial charge in [0, 0.05) is 25.5 Å². The number of anilines is 2. The van der Waals surface area contributed by atoms with Crippen molar-refractivity contribution in [2.45, 2.75) is 33.6 Å². The van der Waals surface area contributed by atoms with E-state index in [2.05, 4.69) is 22.2 Å². The standard InChI is InChI=1S/C19H23ClN4O/c1-12-4-6-24(7-5-12)18(25)15-10-21-19(22-11-15)23-17-14(3)8-13(2)9-16(17)20/h8-12H,4-7H2,1-3H3,(H,21,22,23). The minimum absolute atomic E-state index is 0.00278. The molecule has 0 saturated carbocycles. The number of nitrogens with one attached hydrogen (secondary N) is 1. The normalized spacial score (nSPS) is 15.3. The van der Waals surface area contributed by atoms with Crippen LogP contribution in [0.2, 0.25) is 5.02 Å². The maximum atomic E-state index is 12.5. The molecule has 25 heavy (non-hydrogen) atoms. The Labute approximate surface area is 153 Å². The molecule has 1 aromatic carbocycles. The third-order valence-corrected chi connectivity index (χ3v) is 4.94. The summed E-state index contributed by atoms with van der Waals surface area (Å²) in [6.45, 7) is 7.82. The fourth-order valence-corrected chi connectivity index (χ4v) is 3.45. The lowest BCUT2D eigenvalue weighted by atomic mass is 9.99. The van der Waals surface area contributed by atoms with E-state index >= 15 is 0 Å². The van der Waals surface area contributed by atoms with Gasteiger partial charge in [-0.2, -0.15) is 0 Å². The number of piperidine rings is 1. The molecule has 2 heterocycles. The molecule has 3 rings (SSSR count). The van der Waals surface area contributed by atoms with E-state index in [1.165, 1.54) is 0 Å². The summed E-state index contributed by atoms with van der Waals surface area (Å²) in [7, 11) is 0. The molecule has 1 aliphatic heterocycles. The lowest BCUT2D eigenvalue weighted by Crippen LogP contribution is -2.38. The molecule has 1 fully saturated rings. The van der Waals surface area contributed by atoms with Crippen molar-refractivity contribution in [2.75, 3.05) is 18.4 Å². The van der Waals surface area contributed by atoms with E-state index in [1.54, 1.807) is 12.4 Å². The van der Waals surface area contributed by atoms with Crippen LogP contribution in [0.1, 0.15) is 41.3 Å². The molecule has 0 aliphatic carbocycles. The number of likely N-dealkylation sites (tertiary alicyclic amines) is 1. The van der Waals surface area contributed by atoms with Crippen LogP contribution in [0.3, 0.4) is 0 Å². The number of carbonyl (C=O) groups is 1. The first-order chi connectivity index (χ1) is 11.9. The van der Waals surface area contributed by atoms with Crippen LogP contribution in [0.5, 0.6) is 0 Å². The SMILES string of the molecule is Cc1cc(C)c(Nc2ncc(C(=O)N3CCC(C)CC3)cn2)c(Cl)c1. The molecule has 6 heteroatoms. The summed E-state index contributed by atoms with van der Waals surface area (Å²) in [6.07, 6.45) is 5.26. The Bertz CT molecular complexity index is 744. The van der Waals surface area contributed by atoms with Crippen LogP contribution in [0.4, 0.5) is 11.6 Å². The van der Waals surface area contributed by atoms with Gasteiger partial charge in [0.15, 0.2) is 0 Å². The van der Waals surface area contributed by atoms with Crippen molar-refractivity contribution < 1.29 is 4.79 Å². The van der Waals surface area contributed by atoms with E-state index in [9.17, 15) is 4.79 Å². The zero-order chi connectivity index (χ0) is 18.0. The van der Waals surface area contributed by atoms with E-state index in [1.807, 2.05) is 30.9 Å². The third kappa shape index (κ3) is 4.10. The van der Waals surface area contributed by atoms with Crippen molar-refractivity contribution in [3.8, 4) is 0 Å². The van der Waals surface area contributed by atoms with Crippen LogP contribution in [-0.4, -0.2) is 33.9 Å². The number of hydrogen-bond donors (Lipinski definition) is 1. The molecule has 0 radical (unpaired) electrons. The first-order valence-electron chi connectivity index (χ1n) is 8.59.